The van der Waals surface area contributed by atoms with Gasteiger partial charge in [0.25, 0.3) is 0 Å². The number of carboxylic acids is 1. The largest absolute Gasteiger partial charge is 0.478 e. The standard InChI is InChI=1S/C17H14ClNO2/c18-15-2-1-3-16(10-15)19-9-8-14(11-19)12-4-6-13(7-5-12)17(20)21/h1-7,10-11H,8-9H2,(H,20,21). The van der Waals surface area contributed by atoms with Crippen LogP contribution in [0.4, 0.5) is 5.69 Å². The topological polar surface area (TPSA) is 40.5 Å². The van der Waals surface area contributed by atoms with E-state index < -0.39 is 5.97 Å². The maximum atomic E-state index is 10.9. The fourth-order valence-electron chi connectivity index (χ4n) is 2.46. The smallest absolute Gasteiger partial charge is 0.335 e. The number of anilines is 1. The highest BCUT2D eigenvalue weighted by Crippen LogP contribution is 2.30. The first-order chi connectivity index (χ1) is 10.1. The van der Waals surface area contributed by atoms with Crippen molar-refractivity contribution in [3.05, 3.63) is 70.9 Å². The minimum absolute atomic E-state index is 0.309. The molecule has 0 spiro atoms. The van der Waals surface area contributed by atoms with Gasteiger partial charge >= 0.3 is 5.97 Å². The Morgan fingerprint density at radius 1 is 1.14 bits per heavy atom. The van der Waals surface area contributed by atoms with Crippen LogP contribution in [0.5, 0.6) is 0 Å². The Morgan fingerprint density at radius 3 is 2.57 bits per heavy atom. The van der Waals surface area contributed by atoms with Crippen molar-refractivity contribution >= 4 is 28.8 Å². The zero-order chi connectivity index (χ0) is 14.8. The van der Waals surface area contributed by atoms with Gasteiger partial charge in [-0.1, -0.05) is 29.8 Å². The molecule has 0 bridgehead atoms. The summed E-state index contributed by atoms with van der Waals surface area (Å²) in [5.74, 6) is -0.900. The van der Waals surface area contributed by atoms with Gasteiger partial charge in [0, 0.05) is 23.5 Å². The van der Waals surface area contributed by atoms with Crippen molar-refractivity contribution < 1.29 is 9.90 Å². The molecule has 0 atom stereocenters. The monoisotopic (exact) mass is 299 g/mol. The number of benzene rings is 2. The molecule has 2 aromatic rings. The van der Waals surface area contributed by atoms with Crippen molar-refractivity contribution in [3.63, 3.8) is 0 Å². The Morgan fingerprint density at radius 2 is 1.90 bits per heavy atom. The molecule has 2 aromatic carbocycles. The molecular weight excluding hydrogens is 286 g/mol. The lowest BCUT2D eigenvalue weighted by molar-refractivity contribution is 0.0697. The molecule has 3 rings (SSSR count). The molecule has 4 heteroatoms. The van der Waals surface area contributed by atoms with E-state index in [-0.39, 0.29) is 0 Å². The lowest BCUT2D eigenvalue weighted by Crippen LogP contribution is -2.11. The molecule has 1 aliphatic heterocycles. The van der Waals surface area contributed by atoms with Crippen molar-refractivity contribution in [1.29, 1.82) is 0 Å². The van der Waals surface area contributed by atoms with E-state index >= 15 is 0 Å². The number of halogens is 1. The fraction of sp³-hybridized carbons (Fsp3) is 0.118. The highest BCUT2D eigenvalue weighted by atomic mass is 35.5. The molecule has 1 N–H and O–H groups in total. The van der Waals surface area contributed by atoms with E-state index in [4.69, 9.17) is 16.7 Å². The maximum absolute atomic E-state index is 10.9. The van der Waals surface area contributed by atoms with Crippen LogP contribution in [0.25, 0.3) is 5.57 Å². The second kappa shape index (κ2) is 5.62. The van der Waals surface area contributed by atoms with Gasteiger partial charge in [-0.25, -0.2) is 4.79 Å². The predicted octanol–water partition coefficient (Wildman–Crippen LogP) is 4.29. The normalized spacial score (nSPS) is 14.1. The summed E-state index contributed by atoms with van der Waals surface area (Å²) < 4.78 is 0. The minimum Gasteiger partial charge on any atom is -0.478 e. The van der Waals surface area contributed by atoms with Crippen LogP contribution in [0, 0.1) is 0 Å². The van der Waals surface area contributed by atoms with Crippen LogP contribution >= 0.6 is 11.6 Å². The van der Waals surface area contributed by atoms with E-state index in [1.165, 1.54) is 5.57 Å². The van der Waals surface area contributed by atoms with Crippen molar-refractivity contribution in [2.45, 2.75) is 6.42 Å². The van der Waals surface area contributed by atoms with Gasteiger partial charge in [-0.15, -0.1) is 0 Å². The zero-order valence-electron chi connectivity index (χ0n) is 11.3. The van der Waals surface area contributed by atoms with Gasteiger partial charge in [-0.3, -0.25) is 0 Å². The third kappa shape index (κ3) is 2.93. The van der Waals surface area contributed by atoms with Gasteiger partial charge in [-0.2, -0.15) is 0 Å². The summed E-state index contributed by atoms with van der Waals surface area (Å²) in [7, 11) is 0. The summed E-state index contributed by atoms with van der Waals surface area (Å²) in [6.07, 6.45) is 3.03. The summed E-state index contributed by atoms with van der Waals surface area (Å²) in [6.45, 7) is 0.899. The summed E-state index contributed by atoms with van der Waals surface area (Å²) in [4.78, 5) is 13.0. The van der Waals surface area contributed by atoms with E-state index in [2.05, 4.69) is 11.1 Å². The van der Waals surface area contributed by atoms with E-state index in [1.54, 1.807) is 12.1 Å². The second-order valence-electron chi connectivity index (χ2n) is 4.96. The molecule has 0 amide bonds. The van der Waals surface area contributed by atoms with Crippen molar-refractivity contribution in [3.8, 4) is 0 Å². The van der Waals surface area contributed by atoms with Crippen molar-refractivity contribution in [1.82, 2.24) is 0 Å². The molecule has 0 radical (unpaired) electrons. The molecule has 3 nitrogen and oxygen atoms in total. The first-order valence-corrected chi connectivity index (χ1v) is 7.08. The van der Waals surface area contributed by atoms with Crippen LogP contribution in [0.2, 0.25) is 5.02 Å². The van der Waals surface area contributed by atoms with Crippen LogP contribution < -0.4 is 4.90 Å². The maximum Gasteiger partial charge on any atom is 0.335 e. The Kier molecular flexibility index (Phi) is 3.67. The first-order valence-electron chi connectivity index (χ1n) is 6.70. The van der Waals surface area contributed by atoms with Crippen molar-refractivity contribution in [2.24, 2.45) is 0 Å². The SMILES string of the molecule is O=C(O)c1ccc(C2=CN(c3cccc(Cl)c3)CC2)cc1. The molecule has 0 fully saturated rings. The lowest BCUT2D eigenvalue weighted by Gasteiger charge is -2.15. The minimum atomic E-state index is -0.900. The quantitative estimate of drug-likeness (QED) is 0.919. The Bertz CT molecular complexity index is 707. The van der Waals surface area contributed by atoms with Gasteiger partial charge in [0.1, 0.15) is 0 Å². The lowest BCUT2D eigenvalue weighted by atomic mass is 10.0. The second-order valence-corrected chi connectivity index (χ2v) is 5.40. The molecule has 0 unspecified atom stereocenters. The van der Waals surface area contributed by atoms with E-state index in [9.17, 15) is 4.79 Å². The number of aromatic carboxylic acids is 1. The molecule has 0 aromatic heterocycles. The third-order valence-corrected chi connectivity index (χ3v) is 3.81. The van der Waals surface area contributed by atoms with Crippen LogP contribution in [-0.2, 0) is 0 Å². The number of carboxylic acid groups (broad SMARTS) is 1. The fourth-order valence-corrected chi connectivity index (χ4v) is 2.65. The Labute approximate surface area is 128 Å². The number of hydrogen-bond acceptors (Lipinski definition) is 2. The molecular formula is C17H14ClNO2. The third-order valence-electron chi connectivity index (χ3n) is 3.58. The van der Waals surface area contributed by atoms with Crippen LogP contribution in [0.1, 0.15) is 22.3 Å². The molecule has 1 heterocycles. The molecule has 106 valence electrons. The molecule has 0 saturated carbocycles. The van der Waals surface area contributed by atoms with E-state index in [0.29, 0.717) is 5.56 Å². The van der Waals surface area contributed by atoms with Crippen molar-refractivity contribution in [2.75, 3.05) is 11.4 Å². The summed E-state index contributed by atoms with van der Waals surface area (Å²) >= 11 is 6.02. The summed E-state index contributed by atoms with van der Waals surface area (Å²) in [5.41, 5.74) is 3.64. The Hall–Kier alpha value is -2.26. The number of hydrogen-bond donors (Lipinski definition) is 1. The zero-order valence-corrected chi connectivity index (χ0v) is 12.0. The average molecular weight is 300 g/mol. The highest BCUT2D eigenvalue weighted by molar-refractivity contribution is 6.30. The first kappa shape index (κ1) is 13.7. The number of carbonyl (C=O) groups is 1. The van der Waals surface area contributed by atoms with Gasteiger partial charge in [-0.05, 0) is 47.9 Å². The van der Waals surface area contributed by atoms with E-state index in [0.717, 1.165) is 29.2 Å². The highest BCUT2D eigenvalue weighted by Gasteiger charge is 2.15. The molecule has 0 saturated heterocycles. The summed E-state index contributed by atoms with van der Waals surface area (Å²) in [6, 6.07) is 14.8. The molecule has 21 heavy (non-hydrogen) atoms. The van der Waals surface area contributed by atoms with Gasteiger partial charge in [0.05, 0.1) is 5.56 Å². The average Bonchev–Trinajstić information content (AvgIpc) is 2.97. The summed E-state index contributed by atoms with van der Waals surface area (Å²) in [5, 5.41) is 9.64. The Balaban J connectivity index is 1.84. The number of nitrogens with zero attached hydrogens (tertiary/aromatic N) is 1. The van der Waals surface area contributed by atoms with Gasteiger partial charge < -0.3 is 10.0 Å². The van der Waals surface area contributed by atoms with Crippen LogP contribution in [0.15, 0.2) is 54.7 Å². The van der Waals surface area contributed by atoms with E-state index in [1.807, 2.05) is 36.4 Å². The van der Waals surface area contributed by atoms with Gasteiger partial charge in [0.2, 0.25) is 0 Å². The van der Waals surface area contributed by atoms with Crippen LogP contribution in [-0.4, -0.2) is 17.6 Å². The molecule has 1 aliphatic rings. The predicted molar refractivity (Wildman–Crippen MR) is 84.8 cm³/mol. The molecule has 0 aliphatic carbocycles. The van der Waals surface area contributed by atoms with Gasteiger partial charge in [0.15, 0.2) is 0 Å². The number of rotatable bonds is 3. The van der Waals surface area contributed by atoms with Crippen LogP contribution in [0.3, 0.4) is 0 Å².